The quantitative estimate of drug-likeness (QED) is 0.775. The summed E-state index contributed by atoms with van der Waals surface area (Å²) in [5, 5.41) is 8.73. The average molecular weight is 270 g/mol. The zero-order chi connectivity index (χ0) is 13.3. The molecule has 1 aromatic rings. The van der Waals surface area contributed by atoms with E-state index < -0.39 is 0 Å². The van der Waals surface area contributed by atoms with Gasteiger partial charge < -0.3 is 4.57 Å². The summed E-state index contributed by atoms with van der Waals surface area (Å²) in [5.74, 6) is 3.64. The van der Waals surface area contributed by atoms with Crippen LogP contribution in [0.1, 0.15) is 64.5 Å². The lowest BCUT2D eigenvalue weighted by atomic mass is 9.81. The number of halogens is 1. The van der Waals surface area contributed by atoms with Gasteiger partial charge in [0.05, 0.1) is 5.88 Å². The Labute approximate surface area is 115 Å². The zero-order valence-corrected chi connectivity index (χ0v) is 12.7. The van der Waals surface area contributed by atoms with E-state index in [1.807, 2.05) is 0 Å². The van der Waals surface area contributed by atoms with Gasteiger partial charge in [0, 0.05) is 12.5 Å². The second-order valence-corrected chi connectivity index (χ2v) is 6.81. The van der Waals surface area contributed by atoms with Gasteiger partial charge in [-0.25, -0.2) is 0 Å². The molecule has 0 aromatic carbocycles. The van der Waals surface area contributed by atoms with E-state index in [-0.39, 0.29) is 0 Å². The van der Waals surface area contributed by atoms with Crippen molar-refractivity contribution in [2.75, 3.05) is 0 Å². The van der Waals surface area contributed by atoms with Gasteiger partial charge in [0.2, 0.25) is 0 Å². The summed E-state index contributed by atoms with van der Waals surface area (Å²) in [7, 11) is 0. The van der Waals surface area contributed by atoms with Crippen molar-refractivity contribution in [2.45, 2.75) is 65.3 Å². The van der Waals surface area contributed by atoms with Crippen LogP contribution in [0.25, 0.3) is 0 Å². The topological polar surface area (TPSA) is 30.7 Å². The predicted molar refractivity (Wildman–Crippen MR) is 74.8 cm³/mol. The molecule has 3 nitrogen and oxygen atoms in total. The molecule has 18 heavy (non-hydrogen) atoms. The summed E-state index contributed by atoms with van der Waals surface area (Å²) in [4.78, 5) is 0. The molecule has 0 aliphatic heterocycles. The van der Waals surface area contributed by atoms with Gasteiger partial charge in [0.15, 0.2) is 0 Å². The largest absolute Gasteiger partial charge is 0.313 e. The van der Waals surface area contributed by atoms with E-state index in [2.05, 4.69) is 42.5 Å². The van der Waals surface area contributed by atoms with E-state index in [4.69, 9.17) is 11.6 Å². The smallest absolute Gasteiger partial charge is 0.147 e. The maximum Gasteiger partial charge on any atom is 0.147 e. The van der Waals surface area contributed by atoms with Crippen molar-refractivity contribution in [2.24, 2.45) is 11.3 Å². The molecule has 0 bridgehead atoms. The molecule has 4 heteroatoms. The van der Waals surface area contributed by atoms with E-state index in [1.165, 1.54) is 19.3 Å². The fourth-order valence-electron chi connectivity index (χ4n) is 3.08. The summed E-state index contributed by atoms with van der Waals surface area (Å²) < 4.78 is 2.26. The second kappa shape index (κ2) is 5.20. The molecule has 0 saturated heterocycles. The molecular weight excluding hydrogens is 246 g/mol. The first-order chi connectivity index (χ1) is 8.45. The summed E-state index contributed by atoms with van der Waals surface area (Å²) in [6.07, 6.45) is 3.80. The standard InChI is InChI=1S/C14H24ClN3/c1-10(2)9-18-12(8-15)16-17-13(18)11-6-5-7-14(11,3)4/h10-11H,5-9H2,1-4H3. The maximum absolute atomic E-state index is 5.98. The molecule has 1 aromatic heterocycles. The van der Waals surface area contributed by atoms with Crippen molar-refractivity contribution in [1.82, 2.24) is 14.8 Å². The van der Waals surface area contributed by atoms with E-state index in [1.54, 1.807) is 0 Å². The van der Waals surface area contributed by atoms with E-state index >= 15 is 0 Å². The number of rotatable bonds is 4. The molecular formula is C14H24ClN3. The minimum atomic E-state index is 0.339. The molecule has 1 saturated carbocycles. The Morgan fingerprint density at radius 1 is 1.39 bits per heavy atom. The Morgan fingerprint density at radius 3 is 2.61 bits per heavy atom. The lowest BCUT2D eigenvalue weighted by Crippen LogP contribution is -2.21. The second-order valence-electron chi connectivity index (χ2n) is 6.55. The molecule has 0 N–H and O–H groups in total. The Balaban J connectivity index is 2.35. The lowest BCUT2D eigenvalue weighted by molar-refractivity contribution is 0.310. The average Bonchev–Trinajstić information content (AvgIpc) is 2.80. The van der Waals surface area contributed by atoms with Crippen molar-refractivity contribution in [1.29, 1.82) is 0 Å². The normalized spacial score (nSPS) is 22.9. The minimum absolute atomic E-state index is 0.339. The van der Waals surface area contributed by atoms with Gasteiger partial charge in [-0.3, -0.25) is 0 Å². The molecule has 1 aliphatic rings. The van der Waals surface area contributed by atoms with Gasteiger partial charge >= 0.3 is 0 Å². The number of hydrogen-bond donors (Lipinski definition) is 0. The number of nitrogens with zero attached hydrogens (tertiary/aromatic N) is 3. The zero-order valence-electron chi connectivity index (χ0n) is 11.9. The van der Waals surface area contributed by atoms with E-state index in [0.29, 0.717) is 23.1 Å². The van der Waals surface area contributed by atoms with E-state index in [9.17, 15) is 0 Å². The molecule has 0 amide bonds. The predicted octanol–water partition coefficient (Wildman–Crippen LogP) is 3.97. The Morgan fingerprint density at radius 2 is 2.11 bits per heavy atom. The van der Waals surface area contributed by atoms with Crippen LogP contribution in [0.3, 0.4) is 0 Å². The minimum Gasteiger partial charge on any atom is -0.313 e. The highest BCUT2D eigenvalue weighted by molar-refractivity contribution is 6.16. The van der Waals surface area contributed by atoms with Crippen molar-refractivity contribution in [3.63, 3.8) is 0 Å². The highest BCUT2D eigenvalue weighted by atomic mass is 35.5. The first-order valence-corrected chi connectivity index (χ1v) is 7.47. The maximum atomic E-state index is 5.98. The number of alkyl halides is 1. The van der Waals surface area contributed by atoms with Crippen molar-refractivity contribution in [3.8, 4) is 0 Å². The molecule has 0 radical (unpaired) electrons. The molecule has 2 rings (SSSR count). The summed E-state index contributed by atoms with van der Waals surface area (Å²) in [5.41, 5.74) is 0.339. The van der Waals surface area contributed by atoms with Gasteiger partial charge in [-0.1, -0.05) is 34.1 Å². The molecule has 1 aliphatic carbocycles. The van der Waals surface area contributed by atoms with Gasteiger partial charge in [0.25, 0.3) is 0 Å². The molecule has 1 fully saturated rings. The summed E-state index contributed by atoms with van der Waals surface area (Å²) >= 11 is 5.98. The fourth-order valence-corrected chi connectivity index (χ4v) is 3.27. The van der Waals surface area contributed by atoms with Gasteiger partial charge in [-0.15, -0.1) is 21.8 Å². The summed E-state index contributed by atoms with van der Waals surface area (Å²) in [6.45, 7) is 10.1. The van der Waals surface area contributed by atoms with E-state index in [0.717, 1.165) is 18.2 Å². The van der Waals surface area contributed by atoms with Crippen LogP contribution in [-0.4, -0.2) is 14.8 Å². The van der Waals surface area contributed by atoms with Gasteiger partial charge in [-0.2, -0.15) is 0 Å². The third-order valence-electron chi connectivity index (χ3n) is 4.09. The molecule has 1 unspecified atom stereocenters. The highest BCUT2D eigenvalue weighted by Gasteiger charge is 2.38. The van der Waals surface area contributed by atoms with Crippen LogP contribution < -0.4 is 0 Å². The van der Waals surface area contributed by atoms with Crippen molar-refractivity contribution >= 4 is 11.6 Å². The summed E-state index contributed by atoms with van der Waals surface area (Å²) in [6, 6.07) is 0. The number of hydrogen-bond acceptors (Lipinski definition) is 2. The third kappa shape index (κ3) is 2.56. The van der Waals surface area contributed by atoms with Gasteiger partial charge in [0.1, 0.15) is 11.6 Å². The van der Waals surface area contributed by atoms with Crippen LogP contribution in [0.2, 0.25) is 0 Å². The van der Waals surface area contributed by atoms with Crippen LogP contribution in [0.5, 0.6) is 0 Å². The SMILES string of the molecule is CC(C)Cn1c(CCl)nnc1C1CCCC1(C)C. The molecule has 1 heterocycles. The first kappa shape index (κ1) is 13.9. The monoisotopic (exact) mass is 269 g/mol. The molecule has 0 spiro atoms. The molecule has 102 valence electrons. The Kier molecular flexibility index (Phi) is 4.00. The Bertz CT molecular complexity index is 409. The van der Waals surface area contributed by atoms with Crippen LogP contribution in [0.15, 0.2) is 0 Å². The van der Waals surface area contributed by atoms with Crippen LogP contribution in [-0.2, 0) is 12.4 Å². The van der Waals surface area contributed by atoms with Crippen LogP contribution in [0.4, 0.5) is 0 Å². The highest BCUT2D eigenvalue weighted by Crippen LogP contribution is 2.48. The van der Waals surface area contributed by atoms with Gasteiger partial charge in [-0.05, 0) is 24.2 Å². The number of aromatic nitrogens is 3. The van der Waals surface area contributed by atoms with Crippen LogP contribution in [0, 0.1) is 11.3 Å². The Hall–Kier alpha value is -0.570. The van der Waals surface area contributed by atoms with Crippen LogP contribution >= 0.6 is 11.6 Å². The lowest BCUT2D eigenvalue weighted by Gasteiger charge is -2.27. The third-order valence-corrected chi connectivity index (χ3v) is 4.33. The first-order valence-electron chi connectivity index (χ1n) is 6.93. The fraction of sp³-hybridized carbons (Fsp3) is 0.857. The van der Waals surface area contributed by atoms with Crippen molar-refractivity contribution < 1.29 is 0 Å². The van der Waals surface area contributed by atoms with Crippen molar-refractivity contribution in [3.05, 3.63) is 11.6 Å². The molecule has 1 atom stereocenters.